The van der Waals surface area contributed by atoms with Gasteiger partial charge < -0.3 is 0 Å². The number of halogens is 6. The lowest BCUT2D eigenvalue weighted by Crippen LogP contribution is -2.03. The zero-order valence-electron chi connectivity index (χ0n) is 20.2. The summed E-state index contributed by atoms with van der Waals surface area (Å²) in [6.07, 6.45) is 3.42. The summed E-state index contributed by atoms with van der Waals surface area (Å²) in [7, 11) is 0. The standard InChI is InChI=1S/C31H24F6/c1-2-3-4-5-20-13-26(32)25(27(33)14-20)11-8-21-15-28(34)24(29(35)16-21)10-7-19-6-9-22-17-30(36)31(37)18-23(22)12-19/h6,9,12-18H,2-5,8,11H2,1H3. The average molecular weight is 511 g/mol. The molecule has 0 atom stereocenters. The highest BCUT2D eigenvalue weighted by Gasteiger charge is 2.14. The minimum Gasteiger partial charge on any atom is -0.207 e. The van der Waals surface area contributed by atoms with E-state index in [0.717, 1.165) is 43.5 Å². The van der Waals surface area contributed by atoms with Crippen LogP contribution >= 0.6 is 0 Å². The lowest BCUT2D eigenvalue weighted by atomic mass is 9.99. The molecule has 0 saturated heterocycles. The molecule has 0 N–H and O–H groups in total. The third-order valence-corrected chi connectivity index (χ3v) is 6.25. The van der Waals surface area contributed by atoms with E-state index in [1.807, 2.05) is 6.92 Å². The average Bonchev–Trinajstić information content (AvgIpc) is 2.84. The van der Waals surface area contributed by atoms with Crippen molar-refractivity contribution in [3.63, 3.8) is 0 Å². The predicted octanol–water partition coefficient (Wildman–Crippen LogP) is 8.59. The Labute approximate surface area is 212 Å². The Morgan fingerprint density at radius 1 is 0.541 bits per heavy atom. The lowest BCUT2D eigenvalue weighted by Gasteiger charge is -2.09. The molecule has 0 unspecified atom stereocenters. The monoisotopic (exact) mass is 510 g/mol. The molecule has 4 aromatic rings. The molecule has 4 aromatic carbocycles. The van der Waals surface area contributed by atoms with Gasteiger partial charge in [-0.2, -0.15) is 0 Å². The van der Waals surface area contributed by atoms with Gasteiger partial charge in [0.05, 0.1) is 5.56 Å². The van der Waals surface area contributed by atoms with Crippen LogP contribution in [0.2, 0.25) is 0 Å². The molecule has 0 bridgehead atoms. The van der Waals surface area contributed by atoms with Crippen LogP contribution in [0, 0.1) is 46.7 Å². The van der Waals surface area contributed by atoms with E-state index in [1.54, 1.807) is 0 Å². The number of hydrogen-bond acceptors (Lipinski definition) is 0. The number of benzene rings is 4. The van der Waals surface area contributed by atoms with Crippen LogP contribution in [-0.2, 0) is 19.3 Å². The fourth-order valence-corrected chi connectivity index (χ4v) is 4.23. The van der Waals surface area contributed by atoms with Gasteiger partial charge in [-0.15, -0.1) is 0 Å². The van der Waals surface area contributed by atoms with Gasteiger partial charge in [0.2, 0.25) is 0 Å². The first-order valence-electron chi connectivity index (χ1n) is 12.1. The second kappa shape index (κ2) is 11.6. The number of unbranched alkanes of at least 4 members (excludes halogenated alkanes) is 2. The SMILES string of the molecule is CCCCCc1cc(F)c(CCc2cc(F)c(C#Cc3ccc4cc(F)c(F)cc4c3)c(F)c2)c(F)c1. The molecule has 0 aliphatic rings. The van der Waals surface area contributed by atoms with E-state index in [-0.39, 0.29) is 24.0 Å². The summed E-state index contributed by atoms with van der Waals surface area (Å²) in [5, 5.41) is 0.862. The van der Waals surface area contributed by atoms with Crippen LogP contribution in [0.1, 0.15) is 54.0 Å². The molecule has 0 fully saturated rings. The molecule has 4 rings (SSSR count). The van der Waals surface area contributed by atoms with Gasteiger partial charge in [-0.3, -0.25) is 0 Å². The summed E-state index contributed by atoms with van der Waals surface area (Å²) in [5.74, 6) is -0.00995. The molecule has 0 heterocycles. The van der Waals surface area contributed by atoms with Crippen molar-refractivity contribution < 1.29 is 26.3 Å². The van der Waals surface area contributed by atoms with Gasteiger partial charge >= 0.3 is 0 Å². The predicted molar refractivity (Wildman–Crippen MR) is 133 cm³/mol. The van der Waals surface area contributed by atoms with Crippen LogP contribution in [-0.4, -0.2) is 0 Å². The molecule has 190 valence electrons. The maximum Gasteiger partial charge on any atom is 0.159 e. The second-order valence-electron chi connectivity index (χ2n) is 9.01. The van der Waals surface area contributed by atoms with Crippen LogP contribution in [0.25, 0.3) is 10.8 Å². The smallest absolute Gasteiger partial charge is 0.159 e. The number of aryl methyl sites for hydroxylation is 2. The van der Waals surface area contributed by atoms with Gasteiger partial charge in [0, 0.05) is 11.1 Å². The maximum absolute atomic E-state index is 14.7. The number of rotatable bonds is 7. The normalized spacial score (nSPS) is 11.0. The van der Waals surface area contributed by atoms with Gasteiger partial charge in [0.25, 0.3) is 0 Å². The Morgan fingerprint density at radius 2 is 1.14 bits per heavy atom. The second-order valence-corrected chi connectivity index (χ2v) is 9.01. The third-order valence-electron chi connectivity index (χ3n) is 6.25. The Bertz CT molecular complexity index is 1460. The molecule has 37 heavy (non-hydrogen) atoms. The molecule has 0 aliphatic carbocycles. The minimum atomic E-state index is -1.01. The van der Waals surface area contributed by atoms with Crippen LogP contribution < -0.4 is 0 Å². The fraction of sp³-hybridized carbons (Fsp3) is 0.226. The van der Waals surface area contributed by atoms with Gasteiger partial charge in [0.1, 0.15) is 23.3 Å². The van der Waals surface area contributed by atoms with Crippen LogP contribution in [0.4, 0.5) is 26.3 Å². The Hall–Kier alpha value is -3.72. The molecule has 0 radical (unpaired) electrons. The summed E-state index contributed by atoms with van der Waals surface area (Å²) in [6, 6.07) is 11.5. The zero-order chi connectivity index (χ0) is 26.5. The number of hydrogen-bond donors (Lipinski definition) is 0. The Morgan fingerprint density at radius 3 is 1.78 bits per heavy atom. The number of fused-ring (bicyclic) bond motifs is 1. The quantitative estimate of drug-likeness (QED) is 0.133. The molecule has 0 aliphatic heterocycles. The summed E-state index contributed by atoms with van der Waals surface area (Å²) in [5.41, 5.74) is 0.635. The molecule has 6 heteroatoms. The van der Waals surface area contributed by atoms with Crippen molar-refractivity contribution in [3.05, 3.63) is 117 Å². The minimum absolute atomic E-state index is 0.0391. The molecule has 0 saturated carbocycles. The molecule has 0 amide bonds. The van der Waals surface area contributed by atoms with E-state index < -0.39 is 40.5 Å². The van der Waals surface area contributed by atoms with Crippen LogP contribution in [0.5, 0.6) is 0 Å². The van der Waals surface area contributed by atoms with E-state index in [4.69, 9.17) is 0 Å². The Balaban J connectivity index is 1.49. The largest absolute Gasteiger partial charge is 0.207 e. The van der Waals surface area contributed by atoms with E-state index in [2.05, 4.69) is 11.8 Å². The van der Waals surface area contributed by atoms with E-state index in [0.29, 0.717) is 28.3 Å². The maximum atomic E-state index is 14.7. The van der Waals surface area contributed by atoms with Crippen molar-refractivity contribution in [2.24, 2.45) is 0 Å². The first-order valence-corrected chi connectivity index (χ1v) is 12.1. The van der Waals surface area contributed by atoms with Crippen molar-refractivity contribution in [1.82, 2.24) is 0 Å². The van der Waals surface area contributed by atoms with E-state index in [1.165, 1.54) is 30.3 Å². The van der Waals surface area contributed by atoms with Crippen LogP contribution in [0.15, 0.2) is 54.6 Å². The van der Waals surface area contributed by atoms with Crippen molar-refractivity contribution >= 4 is 10.8 Å². The molecule has 0 nitrogen and oxygen atoms in total. The van der Waals surface area contributed by atoms with E-state index in [9.17, 15) is 26.3 Å². The molecular weight excluding hydrogens is 486 g/mol. The summed E-state index contributed by atoms with van der Waals surface area (Å²) < 4.78 is 85.2. The van der Waals surface area contributed by atoms with Crippen molar-refractivity contribution in [1.29, 1.82) is 0 Å². The van der Waals surface area contributed by atoms with Crippen molar-refractivity contribution in [3.8, 4) is 11.8 Å². The molecular formula is C31H24F6. The zero-order valence-corrected chi connectivity index (χ0v) is 20.2. The highest BCUT2D eigenvalue weighted by Crippen LogP contribution is 2.22. The first kappa shape index (κ1) is 26.3. The highest BCUT2D eigenvalue weighted by atomic mass is 19.2. The summed E-state index contributed by atoms with van der Waals surface area (Å²) >= 11 is 0. The van der Waals surface area contributed by atoms with Gasteiger partial charge in [-0.05, 0) is 96.1 Å². The topological polar surface area (TPSA) is 0 Å². The van der Waals surface area contributed by atoms with Gasteiger partial charge in [0.15, 0.2) is 11.6 Å². The van der Waals surface area contributed by atoms with Crippen molar-refractivity contribution in [2.75, 3.05) is 0 Å². The highest BCUT2D eigenvalue weighted by molar-refractivity contribution is 5.84. The first-order chi connectivity index (χ1) is 17.7. The van der Waals surface area contributed by atoms with Crippen LogP contribution in [0.3, 0.4) is 0 Å². The summed E-state index contributed by atoms with van der Waals surface area (Å²) in [4.78, 5) is 0. The fourth-order valence-electron chi connectivity index (χ4n) is 4.23. The third kappa shape index (κ3) is 6.35. The molecule has 0 aromatic heterocycles. The van der Waals surface area contributed by atoms with Crippen molar-refractivity contribution in [2.45, 2.75) is 45.4 Å². The molecule has 0 spiro atoms. The summed E-state index contributed by atoms with van der Waals surface area (Å²) in [6.45, 7) is 2.05. The Kier molecular flexibility index (Phi) is 8.23. The van der Waals surface area contributed by atoms with Gasteiger partial charge in [-0.25, -0.2) is 26.3 Å². The van der Waals surface area contributed by atoms with Gasteiger partial charge in [-0.1, -0.05) is 37.7 Å². The lowest BCUT2D eigenvalue weighted by molar-refractivity contribution is 0.511. The van der Waals surface area contributed by atoms with E-state index >= 15 is 0 Å².